The highest BCUT2D eigenvalue weighted by Gasteiger charge is 2.27. The molecule has 0 aliphatic heterocycles. The minimum Gasteiger partial charge on any atom is -0.351 e. The molecule has 1 aromatic carbocycles. The summed E-state index contributed by atoms with van der Waals surface area (Å²) < 4.78 is 0. The molecule has 0 bridgehead atoms. The van der Waals surface area contributed by atoms with Gasteiger partial charge in [-0.15, -0.1) is 0 Å². The van der Waals surface area contributed by atoms with Gasteiger partial charge < -0.3 is 5.32 Å². The summed E-state index contributed by atoms with van der Waals surface area (Å²) in [6, 6.07) is 4.18. The molecule has 0 aromatic heterocycles. The van der Waals surface area contributed by atoms with E-state index in [2.05, 4.69) is 39.1 Å². The van der Waals surface area contributed by atoms with Crippen molar-refractivity contribution in [1.82, 2.24) is 5.32 Å². The molecule has 0 spiro atoms. The first kappa shape index (κ1) is 15.2. The first-order valence-electron chi connectivity index (χ1n) is 6.46. The Morgan fingerprint density at radius 1 is 1.21 bits per heavy atom. The molecule has 19 heavy (non-hydrogen) atoms. The molecule has 0 unspecified atom stereocenters. The number of nitriles is 1. The Hall–Kier alpha value is -1.82. The molecule has 1 N–H and O–H groups in total. The third-order valence-corrected chi connectivity index (χ3v) is 3.79. The van der Waals surface area contributed by atoms with E-state index in [9.17, 15) is 4.79 Å². The lowest BCUT2D eigenvalue weighted by Crippen LogP contribution is -2.35. The maximum absolute atomic E-state index is 11.9. The van der Waals surface area contributed by atoms with Crippen molar-refractivity contribution in [3.8, 4) is 6.07 Å². The van der Waals surface area contributed by atoms with E-state index in [1.807, 2.05) is 6.07 Å². The number of nitrogens with zero attached hydrogens (tertiary/aromatic N) is 1. The molecule has 3 nitrogen and oxygen atoms in total. The van der Waals surface area contributed by atoms with E-state index >= 15 is 0 Å². The molecule has 0 radical (unpaired) electrons. The summed E-state index contributed by atoms with van der Waals surface area (Å²) >= 11 is 0. The van der Waals surface area contributed by atoms with Gasteiger partial charge >= 0.3 is 0 Å². The summed E-state index contributed by atoms with van der Waals surface area (Å²) in [5, 5.41) is 11.8. The van der Waals surface area contributed by atoms with Gasteiger partial charge in [-0.2, -0.15) is 5.26 Å². The van der Waals surface area contributed by atoms with Crippen LogP contribution in [0.25, 0.3) is 0 Å². The molecule has 0 aliphatic rings. The van der Waals surface area contributed by atoms with Crippen molar-refractivity contribution >= 4 is 5.91 Å². The zero-order valence-electron chi connectivity index (χ0n) is 12.6. The molecule has 0 aliphatic carbocycles. The second kappa shape index (κ2) is 5.44. The van der Waals surface area contributed by atoms with Gasteiger partial charge in [-0.25, -0.2) is 0 Å². The van der Waals surface area contributed by atoms with Gasteiger partial charge in [-0.1, -0.05) is 6.07 Å². The van der Waals surface area contributed by atoms with Crippen LogP contribution in [0.1, 0.15) is 41.7 Å². The van der Waals surface area contributed by atoms with Gasteiger partial charge in [-0.05, 0) is 69.4 Å². The topological polar surface area (TPSA) is 52.9 Å². The third-order valence-electron chi connectivity index (χ3n) is 3.79. The number of aryl methyl sites for hydroxylation is 2. The lowest BCUT2D eigenvalue weighted by Gasteiger charge is -2.19. The molecule has 3 heteroatoms. The first-order chi connectivity index (χ1) is 8.70. The molecule has 0 heterocycles. The number of hydrogen-bond acceptors (Lipinski definition) is 2. The van der Waals surface area contributed by atoms with E-state index in [0.29, 0.717) is 6.54 Å². The molecule has 1 rings (SSSR count). The zero-order chi connectivity index (χ0) is 14.8. The summed E-state index contributed by atoms with van der Waals surface area (Å²) in [6.45, 7) is 12.0. The van der Waals surface area contributed by atoms with Crippen molar-refractivity contribution in [3.05, 3.63) is 33.9 Å². The summed E-state index contributed by atoms with van der Waals surface area (Å²) in [7, 11) is 0. The van der Waals surface area contributed by atoms with Gasteiger partial charge in [0.2, 0.25) is 5.91 Å². The molecule has 0 saturated carbocycles. The number of rotatable bonds is 3. The average Bonchev–Trinajstić information content (AvgIpc) is 2.36. The van der Waals surface area contributed by atoms with Crippen LogP contribution >= 0.6 is 0 Å². The fourth-order valence-corrected chi connectivity index (χ4v) is 2.00. The fourth-order valence-electron chi connectivity index (χ4n) is 2.00. The highest BCUT2D eigenvalue weighted by Crippen LogP contribution is 2.22. The third kappa shape index (κ3) is 3.14. The second-order valence-electron chi connectivity index (χ2n) is 5.66. The van der Waals surface area contributed by atoms with Crippen molar-refractivity contribution in [3.63, 3.8) is 0 Å². The highest BCUT2D eigenvalue weighted by atomic mass is 16.2. The standard InChI is InChI=1S/C16H22N2O/c1-10-7-11(2)13(4)14(12(10)3)8-18-15(19)16(5,6)9-17/h7H,8H2,1-6H3,(H,18,19). The van der Waals surface area contributed by atoms with Crippen molar-refractivity contribution < 1.29 is 4.79 Å². The van der Waals surface area contributed by atoms with E-state index in [0.717, 1.165) is 5.56 Å². The number of nitrogens with one attached hydrogen (secondary N) is 1. The first-order valence-corrected chi connectivity index (χ1v) is 6.46. The molecular formula is C16H22N2O. The van der Waals surface area contributed by atoms with E-state index in [4.69, 9.17) is 5.26 Å². The number of carbonyl (C=O) groups is 1. The van der Waals surface area contributed by atoms with Crippen molar-refractivity contribution in [2.75, 3.05) is 0 Å². The zero-order valence-corrected chi connectivity index (χ0v) is 12.6. The average molecular weight is 258 g/mol. The minimum atomic E-state index is -0.985. The molecular weight excluding hydrogens is 236 g/mol. The Balaban J connectivity index is 2.97. The lowest BCUT2D eigenvalue weighted by atomic mass is 9.92. The number of carbonyl (C=O) groups excluding carboxylic acids is 1. The quantitative estimate of drug-likeness (QED) is 0.905. The Kier molecular flexibility index (Phi) is 4.36. The number of amides is 1. The molecule has 1 amide bonds. The van der Waals surface area contributed by atoms with Gasteiger partial charge in [0.25, 0.3) is 0 Å². The summed E-state index contributed by atoms with van der Waals surface area (Å²) in [5.74, 6) is -0.229. The van der Waals surface area contributed by atoms with Crippen LogP contribution in [0, 0.1) is 44.4 Å². The molecule has 102 valence electrons. The summed E-state index contributed by atoms with van der Waals surface area (Å²) in [5.41, 5.74) is 5.04. The van der Waals surface area contributed by atoms with Gasteiger partial charge in [0.1, 0.15) is 5.41 Å². The SMILES string of the molecule is Cc1cc(C)c(C)c(CNC(=O)C(C)(C)C#N)c1C. The maximum Gasteiger partial charge on any atom is 0.240 e. The van der Waals surface area contributed by atoms with E-state index < -0.39 is 5.41 Å². The van der Waals surface area contributed by atoms with Crippen LogP contribution in [0.4, 0.5) is 0 Å². The van der Waals surface area contributed by atoms with Gasteiger partial charge in [0.15, 0.2) is 0 Å². The lowest BCUT2D eigenvalue weighted by molar-refractivity contribution is -0.126. The van der Waals surface area contributed by atoms with Crippen molar-refractivity contribution in [1.29, 1.82) is 5.26 Å². The number of hydrogen-bond donors (Lipinski definition) is 1. The van der Waals surface area contributed by atoms with Crippen LogP contribution in [0.5, 0.6) is 0 Å². The monoisotopic (exact) mass is 258 g/mol. The van der Waals surface area contributed by atoms with Gasteiger partial charge in [0, 0.05) is 6.54 Å². The molecule has 1 aromatic rings. The molecule has 0 atom stereocenters. The van der Waals surface area contributed by atoms with Crippen LogP contribution < -0.4 is 5.32 Å². The van der Waals surface area contributed by atoms with Crippen molar-refractivity contribution in [2.24, 2.45) is 5.41 Å². The van der Waals surface area contributed by atoms with Crippen molar-refractivity contribution in [2.45, 2.75) is 48.1 Å². The maximum atomic E-state index is 11.9. The second-order valence-corrected chi connectivity index (χ2v) is 5.66. The smallest absolute Gasteiger partial charge is 0.240 e. The minimum absolute atomic E-state index is 0.229. The fraction of sp³-hybridized carbons (Fsp3) is 0.500. The normalized spacial score (nSPS) is 11.0. The highest BCUT2D eigenvalue weighted by molar-refractivity contribution is 5.84. The van der Waals surface area contributed by atoms with Crippen LogP contribution in [0.15, 0.2) is 6.07 Å². The van der Waals surface area contributed by atoms with E-state index in [1.54, 1.807) is 13.8 Å². The largest absolute Gasteiger partial charge is 0.351 e. The Morgan fingerprint density at radius 2 is 1.68 bits per heavy atom. The van der Waals surface area contributed by atoms with Crippen LogP contribution in [0.3, 0.4) is 0 Å². The Labute approximate surface area is 115 Å². The van der Waals surface area contributed by atoms with Crippen LogP contribution in [-0.4, -0.2) is 5.91 Å². The van der Waals surface area contributed by atoms with E-state index in [1.165, 1.54) is 22.3 Å². The van der Waals surface area contributed by atoms with Crippen LogP contribution in [0.2, 0.25) is 0 Å². The number of benzene rings is 1. The predicted molar refractivity (Wildman–Crippen MR) is 76.6 cm³/mol. The van der Waals surface area contributed by atoms with E-state index in [-0.39, 0.29) is 5.91 Å². The Bertz CT molecular complexity index is 525. The van der Waals surface area contributed by atoms with Gasteiger partial charge in [-0.3, -0.25) is 4.79 Å². The predicted octanol–water partition coefficient (Wildman–Crippen LogP) is 3.09. The summed E-state index contributed by atoms with van der Waals surface area (Å²) in [6.07, 6.45) is 0. The Morgan fingerprint density at radius 3 is 2.11 bits per heavy atom. The van der Waals surface area contributed by atoms with Gasteiger partial charge in [0.05, 0.1) is 6.07 Å². The molecule has 0 saturated heterocycles. The summed E-state index contributed by atoms with van der Waals surface area (Å²) in [4.78, 5) is 11.9. The molecule has 0 fully saturated rings. The van der Waals surface area contributed by atoms with Crippen LogP contribution in [-0.2, 0) is 11.3 Å².